The molecule has 0 spiro atoms. The average Bonchev–Trinajstić information content (AvgIpc) is 3.34. The zero-order valence-corrected chi connectivity index (χ0v) is 35.6. The topological polar surface area (TPSA) is 25.8 Å². The van der Waals surface area contributed by atoms with Gasteiger partial charge < -0.3 is 9.97 Å². The van der Waals surface area contributed by atoms with Crippen molar-refractivity contribution in [3.63, 3.8) is 0 Å². The van der Waals surface area contributed by atoms with E-state index in [9.17, 15) is 0 Å². The molecule has 291 valence electrons. The summed E-state index contributed by atoms with van der Waals surface area (Å²) in [6, 6.07) is 83.6. The summed E-state index contributed by atoms with van der Waals surface area (Å²) in [6.07, 6.45) is 3.62. The van der Waals surface area contributed by atoms with Crippen molar-refractivity contribution in [2.75, 3.05) is 0 Å². The fraction of sp³-hybridized carbons (Fsp3) is 0. The van der Waals surface area contributed by atoms with Crippen LogP contribution < -0.4 is 0 Å². The molecule has 9 aromatic carbocycles. The average molecular weight is 955 g/mol. The first-order chi connectivity index (χ1) is 29.8. The van der Waals surface area contributed by atoms with E-state index in [1.54, 1.807) is 6.20 Å². The minimum Gasteiger partial charge on any atom is -0.305 e. The van der Waals surface area contributed by atoms with Gasteiger partial charge in [0.05, 0.1) is 0 Å². The Bertz CT molecular complexity index is 3200. The summed E-state index contributed by atoms with van der Waals surface area (Å²) in [4.78, 5) is 8.79. The van der Waals surface area contributed by atoms with Crippen molar-refractivity contribution in [1.82, 2.24) is 9.97 Å². The van der Waals surface area contributed by atoms with Crippen LogP contribution >= 0.6 is 0 Å². The molecule has 0 atom stereocenters. The molecule has 11 rings (SSSR count). The number of nitrogens with zero attached hydrogens (tertiary/aromatic N) is 2. The summed E-state index contributed by atoms with van der Waals surface area (Å²) in [5.74, 6) is 0. The summed E-state index contributed by atoms with van der Waals surface area (Å²) in [6.45, 7) is 0. The van der Waals surface area contributed by atoms with E-state index < -0.39 is 0 Å². The molecule has 0 N–H and O–H groups in total. The van der Waals surface area contributed by atoms with Crippen molar-refractivity contribution in [3.8, 4) is 67.0 Å². The van der Waals surface area contributed by atoms with E-state index in [2.05, 4.69) is 174 Å². The monoisotopic (exact) mass is 955 g/mol. The van der Waals surface area contributed by atoms with Gasteiger partial charge in [-0.25, -0.2) is 0 Å². The molecule has 3 heteroatoms. The van der Waals surface area contributed by atoms with Gasteiger partial charge in [0, 0.05) is 32.5 Å². The van der Waals surface area contributed by atoms with Gasteiger partial charge in [-0.15, -0.1) is 71.3 Å². The van der Waals surface area contributed by atoms with Gasteiger partial charge in [-0.05, 0) is 107 Å². The molecule has 0 unspecified atom stereocenters. The molecule has 1 radical (unpaired) electrons. The van der Waals surface area contributed by atoms with Gasteiger partial charge in [-0.1, -0.05) is 152 Å². The minimum absolute atomic E-state index is 0. The van der Waals surface area contributed by atoms with Gasteiger partial charge >= 0.3 is 0 Å². The zero-order valence-electron chi connectivity index (χ0n) is 33.2. The fourth-order valence-electron chi connectivity index (χ4n) is 8.21. The van der Waals surface area contributed by atoms with Crippen LogP contribution in [0.25, 0.3) is 99.3 Å². The zero-order chi connectivity index (χ0) is 40.1. The van der Waals surface area contributed by atoms with E-state index in [-0.39, 0.29) is 20.1 Å². The predicted molar refractivity (Wildman–Crippen MR) is 251 cm³/mol. The molecule has 0 aliphatic carbocycles. The molecule has 0 aliphatic heterocycles. The van der Waals surface area contributed by atoms with Crippen molar-refractivity contribution < 1.29 is 20.1 Å². The first-order valence-electron chi connectivity index (χ1n) is 20.2. The summed E-state index contributed by atoms with van der Waals surface area (Å²) < 4.78 is 0. The van der Waals surface area contributed by atoms with Crippen LogP contribution in [0.3, 0.4) is 0 Å². The predicted octanol–water partition coefficient (Wildman–Crippen LogP) is 15.2. The molecular weight excluding hydrogens is 917 g/mol. The summed E-state index contributed by atoms with van der Waals surface area (Å²) in [7, 11) is 0. The van der Waals surface area contributed by atoms with Crippen molar-refractivity contribution in [3.05, 3.63) is 243 Å². The first-order valence-corrected chi connectivity index (χ1v) is 20.2. The Labute approximate surface area is 370 Å². The molecule has 0 aliphatic rings. The Kier molecular flexibility index (Phi) is 11.5. The molecule has 11 aromatic rings. The Balaban J connectivity index is 0.000000316. The molecule has 0 saturated heterocycles. The summed E-state index contributed by atoms with van der Waals surface area (Å²) in [5.41, 5.74) is 13.5. The van der Waals surface area contributed by atoms with E-state index in [0.29, 0.717) is 0 Å². The normalized spacial score (nSPS) is 10.8. The van der Waals surface area contributed by atoms with Gasteiger partial charge in [0.1, 0.15) is 0 Å². The van der Waals surface area contributed by atoms with Crippen LogP contribution in [0, 0.1) is 12.1 Å². The van der Waals surface area contributed by atoms with Gasteiger partial charge in [-0.2, -0.15) is 0 Å². The van der Waals surface area contributed by atoms with Crippen molar-refractivity contribution in [2.45, 2.75) is 0 Å². The number of rotatable bonds is 6. The summed E-state index contributed by atoms with van der Waals surface area (Å²) in [5, 5.41) is 7.45. The fourth-order valence-corrected chi connectivity index (χ4v) is 8.21. The SMILES string of the molecule is [Ir].[c-]1ccc(-c2cccc(-c3c(-c4cccc5ccccc45)ccc4ccc(-c5cccc6ccccc56)cc34)c2)cc1-c1ccccn1.[c-]1ccccc1-c1ccccn1. The van der Waals surface area contributed by atoms with Crippen molar-refractivity contribution in [2.24, 2.45) is 0 Å². The number of pyridine rings is 2. The van der Waals surface area contributed by atoms with Crippen LogP contribution in [0.15, 0.2) is 231 Å². The standard InChI is InChI=1S/C47H30N.C11H8N.Ir/c1-3-19-40-32(11-1)13-9-21-42(40)37-25-24-34-26-27-44(43-22-10-14-33-12-2-4-20-41(33)43)47(45(34)31-37)39-18-8-16-36(30-39)35-15-7-17-38(29-35)46-23-5-6-28-48-46;1-2-6-10(7-3-1)11-8-4-5-9-12-11;/h1-16,18-31H;1-6,8-9H;/q2*-1;. The molecule has 0 amide bonds. The largest absolute Gasteiger partial charge is 0.305 e. The van der Waals surface area contributed by atoms with Crippen LogP contribution in [0.2, 0.25) is 0 Å². The second kappa shape index (κ2) is 17.9. The second-order valence-corrected chi connectivity index (χ2v) is 14.8. The van der Waals surface area contributed by atoms with Crippen molar-refractivity contribution in [1.29, 1.82) is 0 Å². The van der Waals surface area contributed by atoms with E-state index in [0.717, 1.165) is 33.6 Å². The molecule has 2 heterocycles. The van der Waals surface area contributed by atoms with Crippen LogP contribution in [0.5, 0.6) is 0 Å². The number of benzene rings is 9. The van der Waals surface area contributed by atoms with Gasteiger partial charge in [0.2, 0.25) is 0 Å². The number of hydrogen-bond acceptors (Lipinski definition) is 2. The first kappa shape index (κ1) is 39.2. The maximum atomic E-state index is 4.57. The van der Waals surface area contributed by atoms with Crippen LogP contribution in [0.4, 0.5) is 0 Å². The number of hydrogen-bond donors (Lipinski definition) is 0. The summed E-state index contributed by atoms with van der Waals surface area (Å²) >= 11 is 0. The van der Waals surface area contributed by atoms with E-state index >= 15 is 0 Å². The van der Waals surface area contributed by atoms with Crippen LogP contribution in [0.1, 0.15) is 0 Å². The molecule has 2 nitrogen and oxygen atoms in total. The molecule has 0 saturated carbocycles. The Morgan fingerprint density at radius 1 is 0.311 bits per heavy atom. The van der Waals surface area contributed by atoms with Crippen LogP contribution in [-0.4, -0.2) is 9.97 Å². The number of aromatic nitrogens is 2. The third kappa shape index (κ3) is 8.18. The Hall–Kier alpha value is -7.29. The molecule has 0 bridgehead atoms. The smallest absolute Gasteiger partial charge is 0.0160 e. The number of fused-ring (bicyclic) bond motifs is 3. The van der Waals surface area contributed by atoms with E-state index in [4.69, 9.17) is 0 Å². The van der Waals surface area contributed by atoms with E-state index in [1.807, 2.05) is 72.9 Å². The van der Waals surface area contributed by atoms with Gasteiger partial charge in [-0.3, -0.25) is 0 Å². The van der Waals surface area contributed by atoms with Gasteiger partial charge in [0.15, 0.2) is 0 Å². The Morgan fingerprint density at radius 2 is 0.885 bits per heavy atom. The third-order valence-electron chi connectivity index (χ3n) is 11.1. The van der Waals surface area contributed by atoms with E-state index in [1.165, 1.54) is 65.7 Å². The van der Waals surface area contributed by atoms with Crippen LogP contribution in [-0.2, 0) is 20.1 Å². The Morgan fingerprint density at radius 3 is 1.61 bits per heavy atom. The maximum absolute atomic E-state index is 4.57. The third-order valence-corrected chi connectivity index (χ3v) is 11.1. The molecule has 61 heavy (non-hydrogen) atoms. The van der Waals surface area contributed by atoms with Gasteiger partial charge in [0.25, 0.3) is 0 Å². The quantitative estimate of drug-likeness (QED) is 0.155. The maximum Gasteiger partial charge on any atom is 0.0160 e. The minimum atomic E-state index is 0. The molecular formula is C58H38IrN2-2. The second-order valence-electron chi connectivity index (χ2n) is 14.8. The van der Waals surface area contributed by atoms with Crippen molar-refractivity contribution >= 4 is 32.3 Å². The molecule has 0 fully saturated rings. The molecule has 2 aromatic heterocycles.